The SMILES string of the molecule is C#CCNCc1ccccc1OCc1ccc(F)cc1. The predicted octanol–water partition coefficient (Wildman–Crippen LogP) is 3.13. The zero-order chi connectivity index (χ0) is 14.2. The zero-order valence-corrected chi connectivity index (χ0v) is 11.1. The third-order valence-electron chi connectivity index (χ3n) is 2.82. The molecule has 3 heteroatoms. The fourth-order valence-corrected chi connectivity index (χ4v) is 1.80. The summed E-state index contributed by atoms with van der Waals surface area (Å²) in [7, 11) is 0. The first-order valence-electron chi connectivity index (χ1n) is 6.39. The number of hydrogen-bond acceptors (Lipinski definition) is 2. The highest BCUT2D eigenvalue weighted by Crippen LogP contribution is 2.19. The van der Waals surface area contributed by atoms with Crippen molar-refractivity contribution in [1.82, 2.24) is 5.32 Å². The summed E-state index contributed by atoms with van der Waals surface area (Å²) >= 11 is 0. The second kappa shape index (κ2) is 7.32. The second-order valence-corrected chi connectivity index (χ2v) is 4.33. The Hall–Kier alpha value is -2.31. The molecular weight excluding hydrogens is 253 g/mol. The van der Waals surface area contributed by atoms with Crippen molar-refractivity contribution in [3.05, 3.63) is 65.5 Å². The molecule has 0 fully saturated rings. The molecule has 0 atom stereocenters. The summed E-state index contributed by atoms with van der Waals surface area (Å²) < 4.78 is 18.6. The van der Waals surface area contributed by atoms with Gasteiger partial charge in [0.1, 0.15) is 18.2 Å². The van der Waals surface area contributed by atoms with Gasteiger partial charge in [-0.3, -0.25) is 0 Å². The molecule has 0 heterocycles. The van der Waals surface area contributed by atoms with Gasteiger partial charge in [0.15, 0.2) is 0 Å². The van der Waals surface area contributed by atoms with E-state index in [1.807, 2.05) is 24.3 Å². The number of rotatable bonds is 6. The van der Waals surface area contributed by atoms with E-state index in [9.17, 15) is 4.39 Å². The van der Waals surface area contributed by atoms with Crippen molar-refractivity contribution in [3.63, 3.8) is 0 Å². The molecule has 0 aliphatic heterocycles. The first-order chi connectivity index (χ1) is 9.79. The van der Waals surface area contributed by atoms with Gasteiger partial charge in [-0.1, -0.05) is 36.3 Å². The fourth-order valence-electron chi connectivity index (χ4n) is 1.80. The Labute approximate surface area is 118 Å². The maximum Gasteiger partial charge on any atom is 0.124 e. The molecule has 0 spiro atoms. The Kier molecular flexibility index (Phi) is 5.16. The number of para-hydroxylation sites is 1. The smallest absolute Gasteiger partial charge is 0.124 e. The van der Waals surface area contributed by atoms with Crippen molar-refractivity contribution in [3.8, 4) is 18.1 Å². The molecule has 0 saturated heterocycles. The summed E-state index contributed by atoms with van der Waals surface area (Å²) in [6.07, 6.45) is 5.20. The normalized spacial score (nSPS) is 10.0. The van der Waals surface area contributed by atoms with Gasteiger partial charge in [-0.2, -0.15) is 0 Å². The summed E-state index contributed by atoms with van der Waals surface area (Å²) in [5.41, 5.74) is 1.97. The van der Waals surface area contributed by atoms with Gasteiger partial charge in [0, 0.05) is 12.1 Å². The molecule has 2 rings (SSSR count). The van der Waals surface area contributed by atoms with E-state index in [0.29, 0.717) is 19.7 Å². The lowest BCUT2D eigenvalue weighted by molar-refractivity contribution is 0.302. The minimum atomic E-state index is -0.243. The Morgan fingerprint density at radius 2 is 1.85 bits per heavy atom. The van der Waals surface area contributed by atoms with Crippen LogP contribution in [-0.4, -0.2) is 6.54 Å². The van der Waals surface area contributed by atoms with Gasteiger partial charge >= 0.3 is 0 Å². The van der Waals surface area contributed by atoms with Crippen molar-refractivity contribution in [2.75, 3.05) is 6.54 Å². The highest BCUT2D eigenvalue weighted by Gasteiger charge is 2.03. The number of terminal acetylenes is 1. The van der Waals surface area contributed by atoms with Crippen molar-refractivity contribution < 1.29 is 9.13 Å². The average molecular weight is 269 g/mol. The van der Waals surface area contributed by atoms with E-state index < -0.39 is 0 Å². The number of halogens is 1. The van der Waals surface area contributed by atoms with Crippen LogP contribution in [0.2, 0.25) is 0 Å². The lowest BCUT2D eigenvalue weighted by Gasteiger charge is -2.11. The monoisotopic (exact) mass is 269 g/mol. The van der Waals surface area contributed by atoms with Crippen molar-refractivity contribution >= 4 is 0 Å². The molecule has 2 nitrogen and oxygen atoms in total. The van der Waals surface area contributed by atoms with Crippen LogP contribution in [0.5, 0.6) is 5.75 Å². The molecule has 0 aliphatic rings. The topological polar surface area (TPSA) is 21.3 Å². The fraction of sp³-hybridized carbons (Fsp3) is 0.176. The standard InChI is InChI=1S/C17H16FNO/c1-2-11-19-12-15-5-3-4-6-17(15)20-13-14-7-9-16(18)10-8-14/h1,3-10,19H,11-13H2. The maximum absolute atomic E-state index is 12.8. The summed E-state index contributed by atoms with van der Waals surface area (Å²) in [5, 5.41) is 3.13. The summed E-state index contributed by atoms with van der Waals surface area (Å²) in [6.45, 7) is 1.59. The maximum atomic E-state index is 12.8. The van der Waals surface area contributed by atoms with E-state index in [1.54, 1.807) is 12.1 Å². The minimum Gasteiger partial charge on any atom is -0.489 e. The highest BCUT2D eigenvalue weighted by atomic mass is 19.1. The Morgan fingerprint density at radius 3 is 2.60 bits per heavy atom. The third-order valence-corrected chi connectivity index (χ3v) is 2.82. The van der Waals surface area contributed by atoms with Crippen molar-refractivity contribution in [1.29, 1.82) is 0 Å². The molecule has 0 aromatic heterocycles. The molecule has 0 radical (unpaired) electrons. The van der Waals surface area contributed by atoms with Crippen molar-refractivity contribution in [2.45, 2.75) is 13.2 Å². The van der Waals surface area contributed by atoms with Gasteiger partial charge in [0.2, 0.25) is 0 Å². The molecule has 2 aromatic rings. The van der Waals surface area contributed by atoms with Gasteiger partial charge in [-0.25, -0.2) is 4.39 Å². The Bertz CT molecular complexity index is 587. The summed E-state index contributed by atoms with van der Waals surface area (Å²) in [5.74, 6) is 3.10. The molecule has 20 heavy (non-hydrogen) atoms. The van der Waals surface area contributed by atoms with Crippen LogP contribution in [0.3, 0.4) is 0 Å². The van der Waals surface area contributed by atoms with Crippen LogP contribution in [0.15, 0.2) is 48.5 Å². The van der Waals surface area contributed by atoms with Crippen LogP contribution in [0, 0.1) is 18.2 Å². The van der Waals surface area contributed by atoms with Gasteiger partial charge in [-0.15, -0.1) is 6.42 Å². The lowest BCUT2D eigenvalue weighted by atomic mass is 10.2. The predicted molar refractivity (Wildman–Crippen MR) is 77.7 cm³/mol. The Balaban J connectivity index is 1.98. The van der Waals surface area contributed by atoms with E-state index in [4.69, 9.17) is 11.2 Å². The van der Waals surface area contributed by atoms with E-state index in [0.717, 1.165) is 16.9 Å². The summed E-state index contributed by atoms with van der Waals surface area (Å²) in [4.78, 5) is 0. The second-order valence-electron chi connectivity index (χ2n) is 4.33. The average Bonchev–Trinajstić information content (AvgIpc) is 2.48. The number of hydrogen-bond donors (Lipinski definition) is 1. The van der Waals surface area contributed by atoms with Crippen LogP contribution in [0.25, 0.3) is 0 Å². The van der Waals surface area contributed by atoms with Gasteiger partial charge in [0.25, 0.3) is 0 Å². The molecule has 1 N–H and O–H groups in total. The molecule has 0 bridgehead atoms. The van der Waals surface area contributed by atoms with Crippen LogP contribution in [0.4, 0.5) is 4.39 Å². The molecule has 2 aromatic carbocycles. The van der Waals surface area contributed by atoms with Crippen LogP contribution < -0.4 is 10.1 Å². The highest BCUT2D eigenvalue weighted by molar-refractivity contribution is 5.33. The number of nitrogens with one attached hydrogen (secondary N) is 1. The van der Waals surface area contributed by atoms with Crippen LogP contribution >= 0.6 is 0 Å². The lowest BCUT2D eigenvalue weighted by Crippen LogP contribution is -2.13. The number of benzene rings is 2. The molecule has 0 saturated carbocycles. The third kappa shape index (κ3) is 4.11. The molecule has 0 amide bonds. The van der Waals surface area contributed by atoms with Crippen molar-refractivity contribution in [2.24, 2.45) is 0 Å². The summed E-state index contributed by atoms with van der Waals surface area (Å²) in [6, 6.07) is 14.1. The van der Waals surface area contributed by atoms with Gasteiger partial charge < -0.3 is 10.1 Å². The molecule has 102 valence electrons. The van der Waals surface area contributed by atoms with Crippen LogP contribution in [0.1, 0.15) is 11.1 Å². The zero-order valence-electron chi connectivity index (χ0n) is 11.1. The van der Waals surface area contributed by atoms with Gasteiger partial charge in [0.05, 0.1) is 6.54 Å². The first-order valence-corrected chi connectivity index (χ1v) is 6.39. The van der Waals surface area contributed by atoms with E-state index in [2.05, 4.69) is 11.2 Å². The Morgan fingerprint density at radius 1 is 1.10 bits per heavy atom. The largest absolute Gasteiger partial charge is 0.489 e. The molecule has 0 unspecified atom stereocenters. The molecule has 0 aliphatic carbocycles. The van der Waals surface area contributed by atoms with E-state index in [-0.39, 0.29) is 5.82 Å². The van der Waals surface area contributed by atoms with Gasteiger partial charge in [-0.05, 0) is 23.8 Å². The quantitative estimate of drug-likeness (QED) is 0.642. The molecular formula is C17H16FNO. The van der Waals surface area contributed by atoms with E-state index in [1.165, 1.54) is 12.1 Å². The first kappa shape index (κ1) is 14.1. The number of ether oxygens (including phenoxy) is 1. The minimum absolute atomic E-state index is 0.243. The van der Waals surface area contributed by atoms with Crippen LogP contribution in [-0.2, 0) is 13.2 Å². The van der Waals surface area contributed by atoms with E-state index >= 15 is 0 Å².